The van der Waals surface area contributed by atoms with Gasteiger partial charge in [-0.3, -0.25) is 0 Å². The van der Waals surface area contributed by atoms with Crippen LogP contribution in [0.1, 0.15) is 25.5 Å². The van der Waals surface area contributed by atoms with Gasteiger partial charge in [-0.1, -0.05) is 29.8 Å². The van der Waals surface area contributed by atoms with Crippen LogP contribution in [0.15, 0.2) is 16.6 Å². The topological polar surface area (TPSA) is 66.5 Å². The van der Waals surface area contributed by atoms with Crippen LogP contribution in [0.5, 0.6) is 5.75 Å². The van der Waals surface area contributed by atoms with Gasteiger partial charge in [-0.05, 0) is 12.1 Å². The minimum Gasteiger partial charge on any atom is -0.505 e. The van der Waals surface area contributed by atoms with E-state index in [2.05, 4.69) is 15.9 Å². The molecule has 6 heteroatoms. The Kier molecular flexibility index (Phi) is 5.87. The van der Waals surface area contributed by atoms with Crippen LogP contribution >= 0.6 is 28.3 Å². The van der Waals surface area contributed by atoms with Gasteiger partial charge in [-0.2, -0.15) is 0 Å². The third kappa shape index (κ3) is 3.31. The number of phenolic OH excluding ortho intramolecular Hbond substituents is 1. The largest absolute Gasteiger partial charge is 0.505 e. The molecule has 0 aliphatic rings. The number of hydrogen-bond donors (Lipinski definition) is 3. The van der Waals surface area contributed by atoms with E-state index in [9.17, 15) is 14.6 Å². The molecule has 1 rings (SSSR count). The van der Waals surface area contributed by atoms with E-state index in [0.717, 1.165) is 6.07 Å². The van der Waals surface area contributed by atoms with E-state index in [-0.39, 0.29) is 24.6 Å². The number of aliphatic hydroxyl groups excluding tert-OH is 1. The minimum absolute atomic E-state index is 0. The van der Waals surface area contributed by atoms with E-state index >= 15 is 0 Å². The van der Waals surface area contributed by atoms with Crippen molar-refractivity contribution in [1.29, 1.82) is 0 Å². The highest BCUT2D eigenvalue weighted by atomic mass is 79.9. The Morgan fingerprint density at radius 2 is 2.00 bits per heavy atom. The highest BCUT2D eigenvalue weighted by molar-refractivity contribution is 9.10. The molecule has 4 N–H and O–H groups in total. The van der Waals surface area contributed by atoms with Crippen LogP contribution in [-0.2, 0) is 0 Å². The lowest BCUT2D eigenvalue weighted by molar-refractivity contribution is 0.130. The average Bonchev–Trinajstić information content (AvgIpc) is 2.24. The summed E-state index contributed by atoms with van der Waals surface area (Å²) in [6, 6.07) is 1.97. The van der Waals surface area contributed by atoms with E-state index in [4.69, 9.17) is 5.73 Å². The van der Waals surface area contributed by atoms with Crippen molar-refractivity contribution in [1.82, 2.24) is 0 Å². The van der Waals surface area contributed by atoms with Crippen molar-refractivity contribution in [2.45, 2.75) is 19.9 Å². The van der Waals surface area contributed by atoms with Gasteiger partial charge in [0.2, 0.25) is 0 Å². The van der Waals surface area contributed by atoms with Crippen LogP contribution < -0.4 is 5.73 Å². The first kappa shape index (κ1) is 16.6. The van der Waals surface area contributed by atoms with Gasteiger partial charge in [0, 0.05) is 28.1 Å². The molecule has 0 heterocycles. The molecule has 1 aromatic carbocycles. The van der Waals surface area contributed by atoms with Gasteiger partial charge in [0.1, 0.15) is 0 Å². The molecule has 0 fully saturated rings. The number of phenols is 1. The fourth-order valence-corrected chi connectivity index (χ4v) is 1.91. The molecule has 0 aliphatic carbocycles. The molecule has 0 radical (unpaired) electrons. The van der Waals surface area contributed by atoms with E-state index in [0.29, 0.717) is 4.47 Å². The molecule has 0 unspecified atom stereocenters. The van der Waals surface area contributed by atoms with Crippen LogP contribution in [0.3, 0.4) is 0 Å². The molecule has 98 valence electrons. The van der Waals surface area contributed by atoms with Gasteiger partial charge in [0.05, 0.1) is 0 Å². The first-order valence-electron chi connectivity index (χ1n) is 4.84. The second kappa shape index (κ2) is 6.00. The number of nitrogens with two attached hydrogens (primary N) is 1. The summed E-state index contributed by atoms with van der Waals surface area (Å²) >= 11 is 3.22. The second-order valence-corrected chi connectivity index (χ2v) is 5.27. The maximum absolute atomic E-state index is 13.2. The first-order valence-corrected chi connectivity index (χ1v) is 5.64. The van der Waals surface area contributed by atoms with Gasteiger partial charge in [-0.15, -0.1) is 12.4 Å². The van der Waals surface area contributed by atoms with Crippen molar-refractivity contribution in [2.24, 2.45) is 11.1 Å². The second-order valence-electron chi connectivity index (χ2n) is 4.42. The van der Waals surface area contributed by atoms with Crippen molar-refractivity contribution in [2.75, 3.05) is 6.61 Å². The molecule has 0 bridgehead atoms. The summed E-state index contributed by atoms with van der Waals surface area (Å²) in [7, 11) is 0. The Morgan fingerprint density at radius 1 is 1.47 bits per heavy atom. The zero-order valence-electron chi connectivity index (χ0n) is 9.58. The van der Waals surface area contributed by atoms with Gasteiger partial charge in [0.15, 0.2) is 11.6 Å². The lowest BCUT2D eigenvalue weighted by Gasteiger charge is -2.30. The number of halogens is 3. The molecule has 0 saturated heterocycles. The van der Waals surface area contributed by atoms with Crippen molar-refractivity contribution >= 4 is 28.3 Å². The van der Waals surface area contributed by atoms with Crippen LogP contribution in [-0.4, -0.2) is 16.8 Å². The summed E-state index contributed by atoms with van der Waals surface area (Å²) in [4.78, 5) is 0. The van der Waals surface area contributed by atoms with Crippen LogP contribution in [0, 0.1) is 11.2 Å². The summed E-state index contributed by atoms with van der Waals surface area (Å²) in [5.41, 5.74) is 5.57. The number of aliphatic hydroxyl groups is 1. The monoisotopic (exact) mass is 327 g/mol. The Bertz CT molecular complexity index is 401. The van der Waals surface area contributed by atoms with Crippen molar-refractivity contribution in [3.05, 3.63) is 28.0 Å². The Morgan fingerprint density at radius 3 is 2.47 bits per heavy atom. The molecule has 0 saturated carbocycles. The van der Waals surface area contributed by atoms with E-state index in [1.165, 1.54) is 6.07 Å². The predicted molar refractivity (Wildman–Crippen MR) is 70.8 cm³/mol. The minimum atomic E-state index is -0.720. The first-order chi connectivity index (χ1) is 7.31. The highest BCUT2D eigenvalue weighted by Gasteiger charge is 2.31. The summed E-state index contributed by atoms with van der Waals surface area (Å²) in [5.74, 6) is -1.19. The molecule has 0 aromatic heterocycles. The van der Waals surface area contributed by atoms with Gasteiger partial charge >= 0.3 is 0 Å². The number of aromatic hydroxyl groups is 1. The van der Waals surface area contributed by atoms with Gasteiger partial charge in [-0.25, -0.2) is 4.39 Å². The summed E-state index contributed by atoms with van der Waals surface area (Å²) < 4.78 is 13.8. The molecular weight excluding hydrogens is 312 g/mol. The Hall–Kier alpha value is -0.360. The molecule has 17 heavy (non-hydrogen) atoms. The third-order valence-corrected chi connectivity index (χ3v) is 3.37. The number of hydrogen-bond acceptors (Lipinski definition) is 3. The van der Waals surface area contributed by atoms with Gasteiger partial charge < -0.3 is 15.9 Å². The summed E-state index contributed by atoms with van der Waals surface area (Å²) in [5, 5.41) is 18.8. The highest BCUT2D eigenvalue weighted by Crippen LogP contribution is 2.40. The molecule has 0 amide bonds. The fraction of sp³-hybridized carbons (Fsp3) is 0.455. The van der Waals surface area contributed by atoms with Gasteiger partial charge in [0.25, 0.3) is 0 Å². The molecule has 1 atom stereocenters. The third-order valence-electron chi connectivity index (χ3n) is 2.68. The van der Waals surface area contributed by atoms with Crippen LogP contribution in [0.2, 0.25) is 0 Å². The smallest absolute Gasteiger partial charge is 0.165 e. The normalized spacial score (nSPS) is 13.1. The maximum Gasteiger partial charge on any atom is 0.165 e. The molecule has 3 nitrogen and oxygen atoms in total. The summed E-state index contributed by atoms with van der Waals surface area (Å²) in [6.45, 7) is 3.33. The molecule has 1 aromatic rings. The quantitative estimate of drug-likeness (QED) is 0.799. The van der Waals surface area contributed by atoms with Crippen molar-refractivity contribution in [3.63, 3.8) is 0 Å². The van der Waals surface area contributed by atoms with Crippen LogP contribution in [0.25, 0.3) is 0 Å². The molecule has 0 spiro atoms. The van der Waals surface area contributed by atoms with Crippen molar-refractivity contribution < 1.29 is 14.6 Å². The fourth-order valence-electron chi connectivity index (χ4n) is 1.34. The van der Waals surface area contributed by atoms with E-state index < -0.39 is 23.0 Å². The van der Waals surface area contributed by atoms with Crippen molar-refractivity contribution in [3.8, 4) is 5.75 Å². The van der Waals surface area contributed by atoms with Crippen LogP contribution in [0.4, 0.5) is 4.39 Å². The molecular formula is C11H16BrClFNO2. The maximum atomic E-state index is 13.2. The average molecular weight is 329 g/mol. The summed E-state index contributed by atoms with van der Waals surface area (Å²) in [6.07, 6.45) is 0. The lowest BCUT2D eigenvalue weighted by Crippen LogP contribution is -2.32. The zero-order valence-corrected chi connectivity index (χ0v) is 12.0. The number of rotatable bonds is 3. The van der Waals surface area contributed by atoms with E-state index in [1.54, 1.807) is 13.8 Å². The Balaban J connectivity index is 0.00000256. The zero-order chi connectivity index (χ0) is 12.5. The standard InChI is InChI=1S/C11H15BrFNO2.ClH/c1-11(2,5-15)10(14)8-6(12)3-4-7(13)9(8)16;/h3-4,10,15-16H,5,14H2,1-2H3;1H/t10-;/m0./s1. The molecule has 0 aliphatic heterocycles. The number of benzene rings is 1. The predicted octanol–water partition coefficient (Wildman–Crippen LogP) is 2.73. The lowest BCUT2D eigenvalue weighted by atomic mass is 9.81. The SMILES string of the molecule is CC(C)(CO)[C@@H](N)c1c(Br)ccc(F)c1O.Cl. The Labute approximate surface area is 114 Å². The van der Waals surface area contributed by atoms with E-state index in [1.807, 2.05) is 0 Å².